The molecule has 0 spiro atoms. The molecule has 0 saturated carbocycles. The Morgan fingerprint density at radius 1 is 1.04 bits per heavy atom. The van der Waals surface area contributed by atoms with Gasteiger partial charge in [-0.05, 0) is 36.1 Å². The van der Waals surface area contributed by atoms with Gasteiger partial charge in [0.1, 0.15) is 13.2 Å². The second-order valence-corrected chi connectivity index (χ2v) is 5.75. The molecule has 2 amide bonds. The molecule has 2 aromatic carbocycles. The van der Waals surface area contributed by atoms with Gasteiger partial charge in [-0.15, -0.1) is 0 Å². The molecule has 1 aliphatic heterocycles. The fraction of sp³-hybridized carbons (Fsp3) is 0.278. The number of carbonyl (C=O) groups excluding carboxylic acids is 1. The highest BCUT2D eigenvalue weighted by Crippen LogP contribution is 2.33. The van der Waals surface area contributed by atoms with Crippen LogP contribution in [0.15, 0.2) is 42.5 Å². The molecule has 0 radical (unpaired) electrons. The monoisotopic (exact) mass is 310 g/mol. The number of rotatable bonds is 2. The van der Waals surface area contributed by atoms with E-state index in [9.17, 15) is 4.79 Å². The van der Waals surface area contributed by atoms with Gasteiger partial charge < -0.3 is 20.1 Å². The number of carbonyl (C=O) groups is 1. The molecule has 118 valence electrons. The topological polar surface area (TPSA) is 59.6 Å². The lowest BCUT2D eigenvalue weighted by molar-refractivity contribution is 0.171. The van der Waals surface area contributed by atoms with Crippen LogP contribution in [-0.4, -0.2) is 19.2 Å². The maximum absolute atomic E-state index is 12.3. The number of amides is 2. The Hall–Kier alpha value is -2.69. The molecule has 2 N–H and O–H groups in total. The van der Waals surface area contributed by atoms with E-state index in [-0.39, 0.29) is 12.1 Å². The van der Waals surface area contributed by atoms with E-state index in [4.69, 9.17) is 9.47 Å². The summed E-state index contributed by atoms with van der Waals surface area (Å²) in [5.74, 6) is 1.38. The number of urea groups is 1. The smallest absolute Gasteiger partial charge is 0.319 e. The second kappa shape index (κ2) is 5.83. The van der Waals surface area contributed by atoms with Gasteiger partial charge in [0.2, 0.25) is 0 Å². The molecular weight excluding hydrogens is 292 g/mol. The van der Waals surface area contributed by atoms with Gasteiger partial charge in [-0.2, -0.15) is 0 Å². The molecule has 5 nitrogen and oxygen atoms in total. The van der Waals surface area contributed by atoms with Crippen LogP contribution >= 0.6 is 0 Å². The lowest BCUT2D eigenvalue weighted by Crippen LogP contribution is -2.31. The first-order valence-corrected chi connectivity index (χ1v) is 7.84. The molecular formula is C18H18N2O3. The average Bonchev–Trinajstić information content (AvgIpc) is 2.98. The number of hydrogen-bond donors (Lipinski definition) is 2. The largest absolute Gasteiger partial charge is 0.486 e. The summed E-state index contributed by atoms with van der Waals surface area (Å²) in [6.45, 7) is 1.09. The molecule has 0 bridgehead atoms. The van der Waals surface area contributed by atoms with E-state index < -0.39 is 0 Å². The van der Waals surface area contributed by atoms with Gasteiger partial charge in [-0.3, -0.25) is 0 Å². The summed E-state index contributed by atoms with van der Waals surface area (Å²) in [6, 6.07) is 13.5. The minimum atomic E-state index is -0.205. The van der Waals surface area contributed by atoms with Crippen molar-refractivity contribution in [1.29, 1.82) is 0 Å². The summed E-state index contributed by atoms with van der Waals surface area (Å²) in [6.07, 6.45) is 1.94. The van der Waals surface area contributed by atoms with Crippen molar-refractivity contribution in [2.45, 2.75) is 18.9 Å². The molecule has 1 unspecified atom stereocenters. The van der Waals surface area contributed by atoms with Crippen LogP contribution < -0.4 is 20.1 Å². The molecule has 1 heterocycles. The van der Waals surface area contributed by atoms with Gasteiger partial charge in [0.15, 0.2) is 11.5 Å². The van der Waals surface area contributed by atoms with Crippen molar-refractivity contribution in [2.24, 2.45) is 0 Å². The zero-order valence-electron chi connectivity index (χ0n) is 12.7. The van der Waals surface area contributed by atoms with E-state index in [1.54, 1.807) is 6.07 Å². The Balaban J connectivity index is 1.43. The van der Waals surface area contributed by atoms with Crippen molar-refractivity contribution in [3.05, 3.63) is 53.6 Å². The zero-order chi connectivity index (χ0) is 15.6. The molecule has 0 aromatic heterocycles. The third-order valence-corrected chi connectivity index (χ3v) is 4.24. The zero-order valence-corrected chi connectivity index (χ0v) is 12.7. The lowest BCUT2D eigenvalue weighted by atomic mass is 10.1. The second-order valence-electron chi connectivity index (χ2n) is 5.75. The van der Waals surface area contributed by atoms with Crippen LogP contribution in [0.5, 0.6) is 11.5 Å². The van der Waals surface area contributed by atoms with Crippen LogP contribution in [-0.2, 0) is 6.42 Å². The maximum Gasteiger partial charge on any atom is 0.319 e. The number of ether oxygens (including phenoxy) is 2. The van der Waals surface area contributed by atoms with Gasteiger partial charge in [-0.25, -0.2) is 4.79 Å². The predicted octanol–water partition coefficient (Wildman–Crippen LogP) is 3.27. The Bertz CT molecular complexity index is 745. The normalized spacial score (nSPS) is 18.2. The van der Waals surface area contributed by atoms with Crippen LogP contribution in [0.2, 0.25) is 0 Å². The van der Waals surface area contributed by atoms with Gasteiger partial charge in [-0.1, -0.05) is 24.3 Å². The van der Waals surface area contributed by atoms with Crippen LogP contribution in [0.3, 0.4) is 0 Å². The van der Waals surface area contributed by atoms with E-state index in [0.29, 0.717) is 30.4 Å². The van der Waals surface area contributed by atoms with Crippen molar-refractivity contribution in [3.63, 3.8) is 0 Å². The maximum atomic E-state index is 12.3. The first kappa shape index (κ1) is 13.9. The third-order valence-electron chi connectivity index (χ3n) is 4.24. The van der Waals surface area contributed by atoms with E-state index in [2.05, 4.69) is 22.8 Å². The van der Waals surface area contributed by atoms with Crippen molar-refractivity contribution in [2.75, 3.05) is 18.5 Å². The SMILES string of the molecule is O=C(Nc1ccc2c(c1)OCCO2)NC1CCc2ccccc21. The average molecular weight is 310 g/mol. The van der Waals surface area contributed by atoms with Crippen LogP contribution in [0.4, 0.5) is 10.5 Å². The summed E-state index contributed by atoms with van der Waals surface area (Å²) in [5.41, 5.74) is 3.22. The molecule has 0 saturated heterocycles. The van der Waals surface area contributed by atoms with Gasteiger partial charge in [0.25, 0.3) is 0 Å². The van der Waals surface area contributed by atoms with Crippen molar-refractivity contribution < 1.29 is 14.3 Å². The Morgan fingerprint density at radius 3 is 2.78 bits per heavy atom. The first-order chi connectivity index (χ1) is 11.3. The standard InChI is InChI=1S/C18H18N2O3/c21-18(20-15-7-5-12-3-1-2-4-14(12)15)19-13-6-8-16-17(11-13)23-10-9-22-16/h1-4,6,8,11,15H,5,7,9-10H2,(H2,19,20,21). The van der Waals surface area contributed by atoms with E-state index in [1.807, 2.05) is 24.3 Å². The van der Waals surface area contributed by atoms with Crippen molar-refractivity contribution in [1.82, 2.24) is 5.32 Å². The van der Waals surface area contributed by atoms with E-state index >= 15 is 0 Å². The number of benzene rings is 2. The van der Waals surface area contributed by atoms with Crippen LogP contribution in [0.25, 0.3) is 0 Å². The van der Waals surface area contributed by atoms with Crippen molar-refractivity contribution in [3.8, 4) is 11.5 Å². The van der Waals surface area contributed by atoms with Crippen LogP contribution in [0.1, 0.15) is 23.6 Å². The molecule has 2 aliphatic rings. The van der Waals surface area contributed by atoms with Gasteiger partial charge in [0.05, 0.1) is 6.04 Å². The summed E-state index contributed by atoms with van der Waals surface area (Å²) in [4.78, 5) is 12.3. The quantitative estimate of drug-likeness (QED) is 0.895. The fourth-order valence-corrected chi connectivity index (χ4v) is 3.15. The number of nitrogens with one attached hydrogen (secondary N) is 2. The van der Waals surface area contributed by atoms with Crippen molar-refractivity contribution >= 4 is 11.7 Å². The summed E-state index contributed by atoms with van der Waals surface area (Å²) in [7, 11) is 0. The highest BCUT2D eigenvalue weighted by atomic mass is 16.6. The summed E-state index contributed by atoms with van der Waals surface area (Å²) >= 11 is 0. The van der Waals surface area contributed by atoms with Gasteiger partial charge >= 0.3 is 6.03 Å². The first-order valence-electron chi connectivity index (χ1n) is 7.84. The number of aryl methyl sites for hydroxylation is 1. The number of hydrogen-bond acceptors (Lipinski definition) is 3. The molecule has 2 aromatic rings. The molecule has 0 fully saturated rings. The minimum absolute atomic E-state index is 0.0726. The lowest BCUT2D eigenvalue weighted by Gasteiger charge is -2.19. The molecule has 1 aliphatic carbocycles. The molecule has 1 atom stereocenters. The number of fused-ring (bicyclic) bond motifs is 2. The predicted molar refractivity (Wildman–Crippen MR) is 87.1 cm³/mol. The molecule has 5 heteroatoms. The Labute approximate surface area is 134 Å². The Morgan fingerprint density at radius 2 is 1.87 bits per heavy atom. The Kier molecular flexibility index (Phi) is 3.54. The minimum Gasteiger partial charge on any atom is -0.486 e. The summed E-state index contributed by atoms with van der Waals surface area (Å²) in [5, 5.41) is 5.91. The third kappa shape index (κ3) is 2.82. The van der Waals surface area contributed by atoms with E-state index in [0.717, 1.165) is 12.8 Å². The molecule has 23 heavy (non-hydrogen) atoms. The van der Waals surface area contributed by atoms with Crippen LogP contribution in [0, 0.1) is 0 Å². The fourth-order valence-electron chi connectivity index (χ4n) is 3.15. The van der Waals surface area contributed by atoms with E-state index in [1.165, 1.54) is 11.1 Å². The molecule has 4 rings (SSSR count). The number of anilines is 1. The summed E-state index contributed by atoms with van der Waals surface area (Å²) < 4.78 is 11.0. The highest BCUT2D eigenvalue weighted by Gasteiger charge is 2.23. The highest BCUT2D eigenvalue weighted by molar-refractivity contribution is 5.90. The van der Waals surface area contributed by atoms with Gasteiger partial charge in [0, 0.05) is 11.8 Å².